The standard InChI is InChI=1S/C19H17Cl2N3O2/c1-23-16-6-4-11(8-17(16)24(2)19(23)26)22-18(25)14-9-13(14)12-5-3-10(20)7-15(12)21/h3-8,13-14H,9H2,1-2H3,(H,22,25). The Morgan fingerprint density at radius 1 is 1.08 bits per heavy atom. The summed E-state index contributed by atoms with van der Waals surface area (Å²) >= 11 is 12.2. The van der Waals surface area contributed by atoms with E-state index in [2.05, 4.69) is 5.32 Å². The molecule has 2 aromatic carbocycles. The summed E-state index contributed by atoms with van der Waals surface area (Å²) in [5.41, 5.74) is 3.15. The fourth-order valence-corrected chi connectivity index (χ4v) is 4.00. The first-order valence-corrected chi connectivity index (χ1v) is 9.03. The van der Waals surface area contributed by atoms with Crippen LogP contribution in [0.1, 0.15) is 17.9 Å². The van der Waals surface area contributed by atoms with E-state index >= 15 is 0 Å². The molecule has 4 rings (SSSR count). The number of carbonyl (C=O) groups excluding carboxylic acids is 1. The summed E-state index contributed by atoms with van der Waals surface area (Å²) in [6, 6.07) is 10.9. The summed E-state index contributed by atoms with van der Waals surface area (Å²) in [5.74, 6) is -0.0326. The van der Waals surface area contributed by atoms with Crippen LogP contribution in [-0.2, 0) is 18.9 Å². The van der Waals surface area contributed by atoms with E-state index in [1.54, 1.807) is 35.4 Å². The number of nitrogens with one attached hydrogen (secondary N) is 1. The van der Waals surface area contributed by atoms with E-state index in [1.807, 2.05) is 24.3 Å². The predicted molar refractivity (Wildman–Crippen MR) is 104 cm³/mol. The molecule has 3 aromatic rings. The molecule has 1 N–H and O–H groups in total. The van der Waals surface area contributed by atoms with Gasteiger partial charge < -0.3 is 5.32 Å². The third-order valence-corrected chi connectivity index (χ3v) is 5.59. The molecule has 134 valence electrons. The molecule has 1 aromatic heterocycles. The monoisotopic (exact) mass is 389 g/mol. The van der Waals surface area contributed by atoms with Gasteiger partial charge in [-0.05, 0) is 48.2 Å². The molecule has 1 fully saturated rings. The zero-order valence-electron chi connectivity index (χ0n) is 14.3. The van der Waals surface area contributed by atoms with Gasteiger partial charge in [0.15, 0.2) is 0 Å². The minimum Gasteiger partial charge on any atom is -0.326 e. The Morgan fingerprint density at radius 3 is 2.54 bits per heavy atom. The van der Waals surface area contributed by atoms with Crippen molar-refractivity contribution in [2.75, 3.05) is 5.32 Å². The zero-order valence-corrected chi connectivity index (χ0v) is 15.8. The Morgan fingerprint density at radius 2 is 1.81 bits per heavy atom. The lowest BCUT2D eigenvalue weighted by molar-refractivity contribution is -0.117. The molecule has 0 saturated heterocycles. The molecule has 1 aliphatic carbocycles. The van der Waals surface area contributed by atoms with E-state index in [1.165, 1.54) is 0 Å². The van der Waals surface area contributed by atoms with Crippen LogP contribution in [0.25, 0.3) is 11.0 Å². The van der Waals surface area contributed by atoms with Crippen molar-refractivity contribution in [3.05, 3.63) is 62.5 Å². The topological polar surface area (TPSA) is 56.0 Å². The second kappa shape index (κ2) is 6.18. The second-order valence-corrected chi connectivity index (χ2v) is 7.55. The zero-order chi connectivity index (χ0) is 18.6. The van der Waals surface area contributed by atoms with Crippen molar-refractivity contribution in [3.8, 4) is 0 Å². The highest BCUT2D eigenvalue weighted by Gasteiger charge is 2.44. The summed E-state index contributed by atoms with van der Waals surface area (Å²) in [4.78, 5) is 24.6. The molecule has 2 unspecified atom stereocenters. The smallest absolute Gasteiger partial charge is 0.326 e. The lowest BCUT2D eigenvalue weighted by Crippen LogP contribution is -2.19. The van der Waals surface area contributed by atoms with Gasteiger partial charge >= 0.3 is 5.69 Å². The molecule has 0 spiro atoms. The molecule has 1 aliphatic rings. The minimum absolute atomic E-state index is 0.0405. The lowest BCUT2D eigenvalue weighted by atomic mass is 10.1. The van der Waals surface area contributed by atoms with Crippen molar-refractivity contribution in [1.29, 1.82) is 0 Å². The number of aryl methyl sites for hydroxylation is 2. The Labute approximate surface area is 160 Å². The molecule has 1 amide bonds. The van der Waals surface area contributed by atoms with Gasteiger partial charge in [0.2, 0.25) is 5.91 Å². The van der Waals surface area contributed by atoms with E-state index in [4.69, 9.17) is 23.2 Å². The Kier molecular flexibility index (Phi) is 4.09. The highest BCUT2D eigenvalue weighted by molar-refractivity contribution is 6.35. The Balaban J connectivity index is 1.53. The molecule has 0 bridgehead atoms. The summed E-state index contributed by atoms with van der Waals surface area (Å²) in [5, 5.41) is 4.13. The van der Waals surface area contributed by atoms with E-state index in [9.17, 15) is 9.59 Å². The van der Waals surface area contributed by atoms with Crippen LogP contribution in [0, 0.1) is 5.92 Å². The van der Waals surface area contributed by atoms with Gasteiger partial charge in [0, 0.05) is 35.7 Å². The summed E-state index contributed by atoms with van der Waals surface area (Å²) in [7, 11) is 3.45. The normalized spacial score (nSPS) is 18.9. The molecule has 0 aliphatic heterocycles. The minimum atomic E-state index is -0.107. The first-order chi connectivity index (χ1) is 12.4. The van der Waals surface area contributed by atoms with E-state index < -0.39 is 0 Å². The Bertz CT molecular complexity index is 1100. The van der Waals surface area contributed by atoms with Gasteiger partial charge in [-0.2, -0.15) is 0 Å². The van der Waals surface area contributed by atoms with Crippen LogP contribution in [0.2, 0.25) is 10.0 Å². The van der Waals surface area contributed by atoms with Crippen LogP contribution in [-0.4, -0.2) is 15.0 Å². The quantitative estimate of drug-likeness (QED) is 0.737. The molecular weight excluding hydrogens is 373 g/mol. The fraction of sp³-hybridized carbons (Fsp3) is 0.263. The highest BCUT2D eigenvalue weighted by Crippen LogP contribution is 2.50. The molecular formula is C19H17Cl2N3O2. The van der Waals surface area contributed by atoms with Gasteiger partial charge in [-0.3, -0.25) is 13.9 Å². The SMILES string of the molecule is Cn1c(=O)n(C)c2cc(NC(=O)C3CC3c3ccc(Cl)cc3Cl)ccc21. The number of hydrogen-bond acceptors (Lipinski definition) is 2. The van der Waals surface area contributed by atoms with Crippen LogP contribution in [0.4, 0.5) is 5.69 Å². The fourth-order valence-electron chi connectivity index (χ4n) is 3.45. The molecule has 5 nitrogen and oxygen atoms in total. The van der Waals surface area contributed by atoms with Crippen LogP contribution in [0.3, 0.4) is 0 Å². The maximum absolute atomic E-state index is 12.6. The maximum atomic E-state index is 12.6. The molecule has 1 heterocycles. The second-order valence-electron chi connectivity index (χ2n) is 6.71. The summed E-state index contributed by atoms with van der Waals surface area (Å²) < 4.78 is 3.15. The summed E-state index contributed by atoms with van der Waals surface area (Å²) in [6.45, 7) is 0. The third kappa shape index (κ3) is 2.81. The summed E-state index contributed by atoms with van der Waals surface area (Å²) in [6.07, 6.45) is 0.763. The van der Waals surface area contributed by atoms with Gasteiger partial charge in [0.05, 0.1) is 11.0 Å². The lowest BCUT2D eigenvalue weighted by Gasteiger charge is -2.07. The van der Waals surface area contributed by atoms with E-state index in [0.717, 1.165) is 23.0 Å². The molecule has 0 radical (unpaired) electrons. The van der Waals surface area contributed by atoms with Crippen molar-refractivity contribution >= 4 is 45.8 Å². The van der Waals surface area contributed by atoms with Crippen molar-refractivity contribution in [2.24, 2.45) is 20.0 Å². The van der Waals surface area contributed by atoms with Crippen molar-refractivity contribution < 1.29 is 4.79 Å². The van der Waals surface area contributed by atoms with Gasteiger partial charge in [0.25, 0.3) is 0 Å². The van der Waals surface area contributed by atoms with E-state index in [-0.39, 0.29) is 23.4 Å². The van der Waals surface area contributed by atoms with Crippen LogP contribution >= 0.6 is 23.2 Å². The average Bonchev–Trinajstić information content (AvgIpc) is 3.36. The van der Waals surface area contributed by atoms with E-state index in [0.29, 0.717) is 15.7 Å². The number of rotatable bonds is 3. The molecule has 1 saturated carbocycles. The van der Waals surface area contributed by atoms with Gasteiger partial charge in [-0.25, -0.2) is 4.79 Å². The number of benzene rings is 2. The number of aromatic nitrogens is 2. The number of imidazole rings is 1. The van der Waals surface area contributed by atoms with Crippen molar-refractivity contribution in [2.45, 2.75) is 12.3 Å². The number of anilines is 1. The maximum Gasteiger partial charge on any atom is 0.328 e. The van der Waals surface area contributed by atoms with Crippen molar-refractivity contribution in [3.63, 3.8) is 0 Å². The van der Waals surface area contributed by atoms with Crippen LogP contribution < -0.4 is 11.0 Å². The first-order valence-electron chi connectivity index (χ1n) is 8.28. The molecule has 7 heteroatoms. The van der Waals surface area contributed by atoms with Crippen LogP contribution in [0.5, 0.6) is 0 Å². The number of fused-ring (bicyclic) bond motifs is 1. The molecule has 2 atom stereocenters. The number of nitrogens with zero attached hydrogens (tertiary/aromatic N) is 2. The number of halogens is 2. The predicted octanol–water partition coefficient (Wildman–Crippen LogP) is 3.93. The van der Waals surface area contributed by atoms with Gasteiger partial charge in [0.1, 0.15) is 0 Å². The van der Waals surface area contributed by atoms with Gasteiger partial charge in [-0.1, -0.05) is 29.3 Å². The van der Waals surface area contributed by atoms with Gasteiger partial charge in [-0.15, -0.1) is 0 Å². The Hall–Kier alpha value is -2.24. The average molecular weight is 390 g/mol. The third-order valence-electron chi connectivity index (χ3n) is 5.03. The largest absolute Gasteiger partial charge is 0.328 e. The highest BCUT2D eigenvalue weighted by atomic mass is 35.5. The van der Waals surface area contributed by atoms with Crippen molar-refractivity contribution in [1.82, 2.24) is 9.13 Å². The number of carbonyl (C=O) groups is 1. The first kappa shape index (κ1) is 17.2. The van der Waals surface area contributed by atoms with Crippen LogP contribution in [0.15, 0.2) is 41.2 Å². The number of hydrogen-bond donors (Lipinski definition) is 1. The molecule has 26 heavy (non-hydrogen) atoms. The number of amides is 1.